The molecule has 0 saturated carbocycles. The highest BCUT2D eigenvalue weighted by atomic mass is 35.5. The second-order valence-corrected chi connectivity index (χ2v) is 5.89. The summed E-state index contributed by atoms with van der Waals surface area (Å²) in [7, 11) is 0. The Morgan fingerprint density at radius 3 is 2.75 bits per heavy atom. The van der Waals surface area contributed by atoms with Crippen molar-refractivity contribution >= 4 is 48.2 Å². The lowest BCUT2D eigenvalue weighted by Crippen LogP contribution is -2.20. The first kappa shape index (κ1) is 20.1. The number of aromatic nitrogens is 1. The van der Waals surface area contributed by atoms with Crippen molar-refractivity contribution in [3.8, 4) is 5.88 Å². The first-order valence-electron chi connectivity index (χ1n) is 6.39. The summed E-state index contributed by atoms with van der Waals surface area (Å²) in [6, 6.07) is 3.61. The lowest BCUT2D eigenvalue weighted by molar-refractivity contribution is 0.285. The van der Waals surface area contributed by atoms with Crippen molar-refractivity contribution in [2.45, 2.75) is 19.3 Å². The van der Waals surface area contributed by atoms with E-state index in [1.54, 1.807) is 12.3 Å². The number of thioether (sulfide) groups is 1. The summed E-state index contributed by atoms with van der Waals surface area (Å²) in [6.45, 7) is 3.23. The number of hydrogen-bond donors (Lipinski definition) is 0. The van der Waals surface area contributed by atoms with E-state index in [-0.39, 0.29) is 24.8 Å². The van der Waals surface area contributed by atoms with Gasteiger partial charge in [-0.3, -0.25) is 4.90 Å². The van der Waals surface area contributed by atoms with Gasteiger partial charge < -0.3 is 4.74 Å². The van der Waals surface area contributed by atoms with Crippen LogP contribution in [0.25, 0.3) is 0 Å². The van der Waals surface area contributed by atoms with E-state index >= 15 is 0 Å². The largest absolute Gasteiger partial charge is 0.478 e. The maximum Gasteiger partial charge on any atom is 0.213 e. The molecule has 0 N–H and O–H groups in total. The van der Waals surface area contributed by atoms with Gasteiger partial charge in [-0.05, 0) is 31.9 Å². The molecular formula is C13H21Cl3N2OS. The van der Waals surface area contributed by atoms with Crippen LogP contribution < -0.4 is 4.74 Å². The Morgan fingerprint density at radius 2 is 2.10 bits per heavy atom. The van der Waals surface area contributed by atoms with Crippen LogP contribution in [0.3, 0.4) is 0 Å². The van der Waals surface area contributed by atoms with Crippen LogP contribution in [0, 0.1) is 0 Å². The lowest BCUT2D eigenvalue weighted by Gasteiger charge is -2.12. The summed E-state index contributed by atoms with van der Waals surface area (Å²) in [6.07, 6.45) is 5.18. The van der Waals surface area contributed by atoms with Crippen molar-refractivity contribution < 1.29 is 4.74 Å². The Kier molecular flexibility index (Phi) is 11.8. The highest BCUT2D eigenvalue weighted by Crippen LogP contribution is 2.14. The maximum absolute atomic E-state index is 5.75. The van der Waals surface area contributed by atoms with Crippen molar-refractivity contribution in [1.82, 2.24) is 9.88 Å². The Morgan fingerprint density at radius 1 is 1.25 bits per heavy atom. The molecule has 2 heterocycles. The van der Waals surface area contributed by atoms with Crippen LogP contribution >= 0.6 is 48.2 Å². The predicted octanol–water partition coefficient (Wildman–Crippen LogP) is 4.13. The first-order valence-corrected chi connectivity index (χ1v) is 7.92. The van der Waals surface area contributed by atoms with Crippen molar-refractivity contribution in [2.75, 3.05) is 31.3 Å². The van der Waals surface area contributed by atoms with Gasteiger partial charge in [-0.2, -0.15) is 0 Å². The molecule has 7 heteroatoms. The van der Waals surface area contributed by atoms with Gasteiger partial charge >= 0.3 is 0 Å². The van der Waals surface area contributed by atoms with Crippen molar-refractivity contribution in [3.05, 3.63) is 23.4 Å². The molecule has 0 amide bonds. The van der Waals surface area contributed by atoms with Gasteiger partial charge in [0.05, 0.1) is 11.6 Å². The third-order valence-electron chi connectivity index (χ3n) is 2.89. The average Bonchev–Trinajstić information content (AvgIpc) is 2.89. The minimum atomic E-state index is 0. The molecule has 1 aliphatic heterocycles. The standard InChI is InChI=1S/C13H19ClN2OS.2ClH/c14-12-4-5-13(15-10-12)17-8-3-1-2-6-16-7-9-18-11-16;;/h4-5,10H,1-3,6-9,11H2;2*1H. The molecule has 0 unspecified atom stereocenters. The van der Waals surface area contributed by atoms with E-state index in [0.717, 1.165) is 13.0 Å². The van der Waals surface area contributed by atoms with Gasteiger partial charge in [0.15, 0.2) is 0 Å². The molecule has 0 spiro atoms. The number of nitrogens with zero attached hydrogens (tertiary/aromatic N) is 2. The van der Waals surface area contributed by atoms with Crippen LogP contribution in [-0.2, 0) is 0 Å². The molecule has 2 rings (SSSR count). The highest BCUT2D eigenvalue weighted by molar-refractivity contribution is 7.99. The first-order chi connectivity index (χ1) is 8.84. The van der Waals surface area contributed by atoms with Crippen LogP contribution in [-0.4, -0.2) is 41.2 Å². The van der Waals surface area contributed by atoms with Crippen LogP contribution in [0.4, 0.5) is 0 Å². The minimum absolute atomic E-state index is 0. The summed E-state index contributed by atoms with van der Waals surface area (Å²) < 4.78 is 5.55. The van der Waals surface area contributed by atoms with Crippen molar-refractivity contribution in [3.63, 3.8) is 0 Å². The summed E-state index contributed by atoms with van der Waals surface area (Å²) in [5, 5.41) is 0.644. The molecule has 0 aliphatic carbocycles. The van der Waals surface area contributed by atoms with Crippen LogP contribution in [0.1, 0.15) is 19.3 Å². The zero-order chi connectivity index (χ0) is 12.6. The maximum atomic E-state index is 5.75. The second-order valence-electron chi connectivity index (χ2n) is 4.38. The quantitative estimate of drug-likeness (QED) is 0.683. The van der Waals surface area contributed by atoms with E-state index in [0.29, 0.717) is 10.9 Å². The number of ether oxygens (including phenoxy) is 1. The van der Waals surface area contributed by atoms with Gasteiger partial charge in [0.2, 0.25) is 5.88 Å². The molecule has 20 heavy (non-hydrogen) atoms. The molecule has 3 nitrogen and oxygen atoms in total. The van der Waals surface area contributed by atoms with Gasteiger partial charge in [-0.1, -0.05) is 11.6 Å². The van der Waals surface area contributed by atoms with Crippen LogP contribution in [0.2, 0.25) is 5.02 Å². The number of rotatable bonds is 7. The fourth-order valence-corrected chi connectivity index (χ4v) is 3.01. The van der Waals surface area contributed by atoms with E-state index in [1.165, 1.54) is 37.6 Å². The highest BCUT2D eigenvalue weighted by Gasteiger charge is 2.10. The monoisotopic (exact) mass is 358 g/mol. The Balaban J connectivity index is 0.00000180. The zero-order valence-electron chi connectivity index (χ0n) is 11.3. The fraction of sp³-hybridized carbons (Fsp3) is 0.615. The summed E-state index contributed by atoms with van der Waals surface area (Å²) in [4.78, 5) is 6.61. The van der Waals surface area contributed by atoms with E-state index < -0.39 is 0 Å². The van der Waals surface area contributed by atoms with Crippen molar-refractivity contribution in [2.24, 2.45) is 0 Å². The number of unbranched alkanes of at least 4 members (excludes halogenated alkanes) is 2. The van der Waals surface area contributed by atoms with Crippen LogP contribution in [0.5, 0.6) is 5.88 Å². The van der Waals surface area contributed by atoms with Crippen molar-refractivity contribution in [1.29, 1.82) is 0 Å². The molecule has 0 radical (unpaired) electrons. The predicted molar refractivity (Wildman–Crippen MR) is 92.0 cm³/mol. The Hall–Kier alpha value is 0.130. The normalized spacial score (nSPS) is 14.4. The van der Waals surface area contributed by atoms with E-state index in [9.17, 15) is 0 Å². The minimum Gasteiger partial charge on any atom is -0.478 e. The summed E-state index contributed by atoms with van der Waals surface area (Å²) >= 11 is 7.78. The number of hydrogen-bond acceptors (Lipinski definition) is 4. The SMILES string of the molecule is Cl.Cl.Clc1ccc(OCCCCCN2CCSC2)nc1. The molecule has 116 valence electrons. The van der Waals surface area contributed by atoms with E-state index in [1.807, 2.05) is 17.8 Å². The van der Waals surface area contributed by atoms with Gasteiger partial charge in [0.1, 0.15) is 0 Å². The summed E-state index contributed by atoms with van der Waals surface area (Å²) in [5.41, 5.74) is 0. The second kappa shape index (κ2) is 11.8. The average molecular weight is 360 g/mol. The molecule has 1 saturated heterocycles. The van der Waals surface area contributed by atoms with Crippen LogP contribution in [0.15, 0.2) is 18.3 Å². The molecule has 1 aromatic heterocycles. The van der Waals surface area contributed by atoms with Gasteiger partial charge in [-0.25, -0.2) is 4.98 Å². The molecule has 1 aromatic rings. The summed E-state index contributed by atoms with van der Waals surface area (Å²) in [5.74, 6) is 3.17. The molecular weight excluding hydrogens is 339 g/mol. The molecule has 0 atom stereocenters. The third kappa shape index (κ3) is 7.79. The molecule has 0 aromatic carbocycles. The van der Waals surface area contributed by atoms with E-state index in [2.05, 4.69) is 9.88 Å². The molecule has 1 aliphatic rings. The van der Waals surface area contributed by atoms with Gasteiger partial charge in [0.25, 0.3) is 0 Å². The zero-order valence-corrected chi connectivity index (χ0v) is 14.5. The smallest absolute Gasteiger partial charge is 0.213 e. The third-order valence-corrected chi connectivity index (χ3v) is 4.14. The topological polar surface area (TPSA) is 25.4 Å². The molecule has 0 bridgehead atoms. The fourth-order valence-electron chi connectivity index (χ4n) is 1.87. The number of pyridine rings is 1. The van der Waals surface area contributed by atoms with Gasteiger partial charge in [0, 0.05) is 30.4 Å². The van der Waals surface area contributed by atoms with E-state index in [4.69, 9.17) is 16.3 Å². The van der Waals surface area contributed by atoms with Gasteiger partial charge in [-0.15, -0.1) is 36.6 Å². The Labute approximate surface area is 142 Å². The lowest BCUT2D eigenvalue weighted by atomic mass is 10.2. The molecule has 1 fully saturated rings. The Bertz CT molecular complexity index is 348. The number of halogens is 3.